The molecule has 2 saturated carbocycles. The van der Waals surface area contributed by atoms with Gasteiger partial charge in [-0.1, -0.05) is 12.5 Å². The predicted octanol–water partition coefficient (Wildman–Crippen LogP) is 2.57. The molecule has 92 valence electrons. The Kier molecular flexibility index (Phi) is 2.91. The molecule has 3 atom stereocenters. The number of aryl methyl sites for hydroxylation is 1. The Balaban J connectivity index is 1.69. The molecule has 2 aliphatic carbocycles. The molecular weight excluding hydrogens is 208 g/mol. The molecule has 3 rings (SSSR count). The molecule has 0 spiro atoms. The first-order chi connectivity index (χ1) is 8.31. The largest absolute Gasteiger partial charge is 0.316 e. The Morgan fingerprint density at radius 2 is 2.18 bits per heavy atom. The van der Waals surface area contributed by atoms with Crippen LogP contribution in [-0.4, -0.2) is 18.1 Å². The van der Waals surface area contributed by atoms with Gasteiger partial charge in [0.25, 0.3) is 0 Å². The number of nitrogens with zero attached hydrogens (tertiary/aromatic N) is 1. The van der Waals surface area contributed by atoms with Crippen molar-refractivity contribution in [3.63, 3.8) is 0 Å². The fourth-order valence-electron chi connectivity index (χ4n) is 3.84. The lowest BCUT2D eigenvalue weighted by atomic mass is 9.98. The second-order valence-corrected chi connectivity index (χ2v) is 5.70. The van der Waals surface area contributed by atoms with Crippen LogP contribution >= 0.6 is 0 Å². The number of hydrogen-bond donors (Lipinski definition) is 1. The van der Waals surface area contributed by atoms with Gasteiger partial charge in [-0.3, -0.25) is 4.98 Å². The molecule has 0 radical (unpaired) electrons. The summed E-state index contributed by atoms with van der Waals surface area (Å²) < 4.78 is 0. The van der Waals surface area contributed by atoms with Crippen LogP contribution in [-0.2, 0) is 6.42 Å². The van der Waals surface area contributed by atoms with Crippen LogP contribution < -0.4 is 5.32 Å². The van der Waals surface area contributed by atoms with Gasteiger partial charge in [0.2, 0.25) is 0 Å². The van der Waals surface area contributed by atoms with Gasteiger partial charge in [-0.05, 0) is 56.2 Å². The highest BCUT2D eigenvalue weighted by Crippen LogP contribution is 2.59. The summed E-state index contributed by atoms with van der Waals surface area (Å²) in [4.78, 5) is 4.53. The first kappa shape index (κ1) is 11.2. The van der Waals surface area contributed by atoms with Gasteiger partial charge in [-0.25, -0.2) is 0 Å². The summed E-state index contributed by atoms with van der Waals surface area (Å²) in [5.74, 6) is 2.98. The van der Waals surface area contributed by atoms with Gasteiger partial charge in [0, 0.05) is 24.4 Å². The second kappa shape index (κ2) is 4.41. The molecule has 17 heavy (non-hydrogen) atoms. The van der Waals surface area contributed by atoms with E-state index in [9.17, 15) is 0 Å². The van der Waals surface area contributed by atoms with Crippen LogP contribution in [0.3, 0.4) is 0 Å². The Bertz CT molecular complexity index is 392. The Labute approximate surface area is 104 Å². The van der Waals surface area contributed by atoms with Gasteiger partial charge in [-0.2, -0.15) is 0 Å². The molecule has 0 bridgehead atoms. The fraction of sp³-hybridized carbons (Fsp3) is 0.667. The SMILES string of the molecule is CNC(Cc1ncccc1C)C1C2CCCC21. The minimum Gasteiger partial charge on any atom is -0.316 e. The van der Waals surface area contributed by atoms with E-state index in [0.29, 0.717) is 6.04 Å². The van der Waals surface area contributed by atoms with Crippen molar-refractivity contribution in [2.24, 2.45) is 17.8 Å². The highest BCUT2D eigenvalue weighted by atomic mass is 14.9. The molecule has 1 aromatic heterocycles. The zero-order valence-electron chi connectivity index (χ0n) is 10.8. The van der Waals surface area contributed by atoms with E-state index in [0.717, 1.165) is 24.2 Å². The standard InChI is InChI=1S/C15H22N2/c1-10-5-4-8-17-13(10)9-14(16-2)15-11-6-3-7-12(11)15/h4-5,8,11-12,14-16H,3,6-7,9H2,1-2H3. The summed E-state index contributed by atoms with van der Waals surface area (Å²) in [6, 6.07) is 4.83. The second-order valence-electron chi connectivity index (χ2n) is 5.70. The topological polar surface area (TPSA) is 24.9 Å². The van der Waals surface area contributed by atoms with Crippen molar-refractivity contribution in [2.75, 3.05) is 7.05 Å². The van der Waals surface area contributed by atoms with Gasteiger partial charge < -0.3 is 5.32 Å². The van der Waals surface area contributed by atoms with Crippen LogP contribution in [0, 0.1) is 24.7 Å². The number of rotatable bonds is 4. The number of pyridine rings is 1. The average Bonchev–Trinajstić information content (AvgIpc) is 2.82. The first-order valence-electron chi connectivity index (χ1n) is 6.89. The van der Waals surface area contributed by atoms with Crippen LogP contribution in [0.4, 0.5) is 0 Å². The highest BCUT2D eigenvalue weighted by Gasteiger charge is 2.55. The molecule has 0 aromatic carbocycles. The third-order valence-corrected chi connectivity index (χ3v) is 4.84. The smallest absolute Gasteiger partial charge is 0.0448 e. The first-order valence-corrected chi connectivity index (χ1v) is 6.89. The Morgan fingerprint density at radius 3 is 2.82 bits per heavy atom. The molecule has 2 nitrogen and oxygen atoms in total. The summed E-state index contributed by atoms with van der Waals surface area (Å²) in [5, 5.41) is 3.53. The summed E-state index contributed by atoms with van der Waals surface area (Å²) in [6.45, 7) is 2.17. The van der Waals surface area contributed by atoms with Crippen molar-refractivity contribution < 1.29 is 0 Å². The van der Waals surface area contributed by atoms with Gasteiger partial charge in [0.05, 0.1) is 0 Å². The molecule has 1 N–H and O–H groups in total. The molecule has 0 saturated heterocycles. The molecule has 0 amide bonds. The van der Waals surface area contributed by atoms with Crippen LogP contribution in [0.15, 0.2) is 18.3 Å². The molecule has 2 heteroatoms. The third-order valence-electron chi connectivity index (χ3n) is 4.84. The molecule has 0 aliphatic heterocycles. The lowest BCUT2D eigenvalue weighted by Gasteiger charge is -2.18. The van der Waals surface area contributed by atoms with Gasteiger partial charge in [-0.15, -0.1) is 0 Å². The van der Waals surface area contributed by atoms with Gasteiger partial charge >= 0.3 is 0 Å². The molecular formula is C15H22N2. The van der Waals surface area contributed by atoms with Gasteiger partial charge in [0.1, 0.15) is 0 Å². The third kappa shape index (κ3) is 1.99. The molecule has 2 aliphatic rings. The molecule has 1 aromatic rings. The maximum atomic E-state index is 4.53. The lowest BCUT2D eigenvalue weighted by Crippen LogP contribution is -2.32. The summed E-state index contributed by atoms with van der Waals surface area (Å²) >= 11 is 0. The zero-order valence-corrected chi connectivity index (χ0v) is 10.8. The van der Waals surface area contributed by atoms with E-state index in [2.05, 4.69) is 30.3 Å². The van der Waals surface area contributed by atoms with Crippen LogP contribution in [0.25, 0.3) is 0 Å². The van der Waals surface area contributed by atoms with Crippen molar-refractivity contribution in [1.82, 2.24) is 10.3 Å². The Morgan fingerprint density at radius 1 is 1.41 bits per heavy atom. The average molecular weight is 230 g/mol. The normalized spacial score (nSPS) is 32.2. The minimum absolute atomic E-state index is 0.638. The quantitative estimate of drug-likeness (QED) is 0.860. The maximum absolute atomic E-state index is 4.53. The number of fused-ring (bicyclic) bond motifs is 1. The maximum Gasteiger partial charge on any atom is 0.0448 e. The molecule has 2 fully saturated rings. The van der Waals surface area contributed by atoms with Crippen molar-refractivity contribution in [1.29, 1.82) is 0 Å². The van der Waals surface area contributed by atoms with Crippen molar-refractivity contribution in [3.05, 3.63) is 29.6 Å². The number of likely N-dealkylation sites (N-methyl/N-ethyl adjacent to an activating group) is 1. The predicted molar refractivity (Wildman–Crippen MR) is 69.8 cm³/mol. The number of nitrogens with one attached hydrogen (secondary N) is 1. The van der Waals surface area contributed by atoms with E-state index < -0.39 is 0 Å². The summed E-state index contributed by atoms with van der Waals surface area (Å²) in [5.41, 5.74) is 2.61. The van der Waals surface area contributed by atoms with Crippen LogP contribution in [0.5, 0.6) is 0 Å². The molecule has 3 unspecified atom stereocenters. The van der Waals surface area contributed by atoms with Crippen molar-refractivity contribution in [3.8, 4) is 0 Å². The van der Waals surface area contributed by atoms with E-state index in [-0.39, 0.29) is 0 Å². The summed E-state index contributed by atoms with van der Waals surface area (Å²) in [6.07, 6.45) is 7.41. The van der Waals surface area contributed by atoms with E-state index in [4.69, 9.17) is 0 Å². The van der Waals surface area contributed by atoms with E-state index in [1.165, 1.54) is 30.5 Å². The minimum atomic E-state index is 0.638. The fourth-order valence-corrected chi connectivity index (χ4v) is 3.84. The van der Waals surface area contributed by atoms with Crippen molar-refractivity contribution >= 4 is 0 Å². The number of hydrogen-bond acceptors (Lipinski definition) is 2. The van der Waals surface area contributed by atoms with Crippen LogP contribution in [0.2, 0.25) is 0 Å². The summed E-state index contributed by atoms with van der Waals surface area (Å²) in [7, 11) is 2.11. The lowest BCUT2D eigenvalue weighted by molar-refractivity contribution is 0.425. The Hall–Kier alpha value is -0.890. The van der Waals surface area contributed by atoms with Gasteiger partial charge in [0.15, 0.2) is 0 Å². The van der Waals surface area contributed by atoms with E-state index in [1.807, 2.05) is 12.3 Å². The number of aromatic nitrogens is 1. The molecule has 1 heterocycles. The van der Waals surface area contributed by atoms with E-state index in [1.54, 1.807) is 0 Å². The zero-order chi connectivity index (χ0) is 11.8. The monoisotopic (exact) mass is 230 g/mol. The highest BCUT2D eigenvalue weighted by molar-refractivity contribution is 5.20. The van der Waals surface area contributed by atoms with Crippen molar-refractivity contribution in [2.45, 2.75) is 38.6 Å². The van der Waals surface area contributed by atoms with Crippen LogP contribution in [0.1, 0.15) is 30.5 Å². The van der Waals surface area contributed by atoms with E-state index >= 15 is 0 Å².